The molecule has 2 aromatic heterocycles. The second-order valence-corrected chi connectivity index (χ2v) is 5.61. The maximum absolute atomic E-state index is 9.17. The van der Waals surface area contributed by atoms with E-state index >= 15 is 0 Å². The van der Waals surface area contributed by atoms with Crippen molar-refractivity contribution in [2.45, 2.75) is 6.42 Å². The molecule has 1 aromatic carbocycles. The lowest BCUT2D eigenvalue weighted by Crippen LogP contribution is -2.03. The summed E-state index contributed by atoms with van der Waals surface area (Å²) in [5.74, 6) is 0. The maximum atomic E-state index is 9.17. The minimum Gasteiger partial charge on any atom is -0.216 e. The molecule has 0 unspecified atom stereocenters. The van der Waals surface area contributed by atoms with E-state index in [0.29, 0.717) is 17.1 Å². The first-order chi connectivity index (χ1) is 9.78. The number of rotatable bonds is 3. The van der Waals surface area contributed by atoms with Crippen LogP contribution < -0.4 is 0 Å². The van der Waals surface area contributed by atoms with Gasteiger partial charge in [-0.05, 0) is 35.7 Å². The quantitative estimate of drug-likeness (QED) is 0.744. The van der Waals surface area contributed by atoms with Crippen LogP contribution in [-0.4, -0.2) is 15.0 Å². The molecule has 0 N–H and O–H groups in total. The molecule has 0 aliphatic heterocycles. The monoisotopic (exact) mass is 300 g/mol. The van der Waals surface area contributed by atoms with Gasteiger partial charge in [0.25, 0.3) is 0 Å². The Hall–Kier alpha value is -2.16. The average molecular weight is 301 g/mol. The molecule has 98 valence electrons. The summed E-state index contributed by atoms with van der Waals surface area (Å²) in [5.41, 5.74) is 1.99. The van der Waals surface area contributed by atoms with Crippen LogP contribution in [0, 0.1) is 11.3 Å². The molecule has 3 rings (SSSR count). The zero-order valence-corrected chi connectivity index (χ0v) is 11.9. The third-order valence-electron chi connectivity index (χ3n) is 2.86. The molecule has 0 saturated carbocycles. The normalized spacial score (nSPS) is 10.4. The number of benzene rings is 1. The van der Waals surface area contributed by atoms with Crippen LogP contribution in [0.4, 0.5) is 0 Å². The summed E-state index contributed by atoms with van der Waals surface area (Å²) in [6, 6.07) is 13.4. The molecule has 0 atom stereocenters. The maximum Gasteiger partial charge on any atom is 0.186 e. The summed E-state index contributed by atoms with van der Waals surface area (Å²) in [5, 5.41) is 19.9. The van der Waals surface area contributed by atoms with Gasteiger partial charge in [0.1, 0.15) is 6.07 Å². The van der Waals surface area contributed by atoms with Gasteiger partial charge in [-0.15, -0.1) is 16.4 Å². The van der Waals surface area contributed by atoms with Crippen LogP contribution in [0.25, 0.3) is 5.69 Å². The molecule has 6 heteroatoms. The Kier molecular flexibility index (Phi) is 3.50. The highest BCUT2D eigenvalue weighted by molar-refractivity contribution is 7.09. The van der Waals surface area contributed by atoms with E-state index in [9.17, 15) is 0 Å². The third kappa shape index (κ3) is 2.44. The lowest BCUT2D eigenvalue weighted by atomic mass is 10.2. The summed E-state index contributed by atoms with van der Waals surface area (Å²) < 4.78 is 1.69. The van der Waals surface area contributed by atoms with Crippen molar-refractivity contribution in [2.24, 2.45) is 0 Å². The second kappa shape index (κ2) is 5.45. The van der Waals surface area contributed by atoms with Crippen molar-refractivity contribution < 1.29 is 0 Å². The van der Waals surface area contributed by atoms with E-state index in [-0.39, 0.29) is 0 Å². The first-order valence-electron chi connectivity index (χ1n) is 5.91. The van der Waals surface area contributed by atoms with Gasteiger partial charge in [0.15, 0.2) is 5.69 Å². The Morgan fingerprint density at radius 2 is 2.05 bits per heavy atom. The molecule has 0 radical (unpaired) electrons. The smallest absolute Gasteiger partial charge is 0.186 e. The van der Waals surface area contributed by atoms with Crippen molar-refractivity contribution in [3.8, 4) is 11.8 Å². The van der Waals surface area contributed by atoms with E-state index in [2.05, 4.69) is 16.4 Å². The molecule has 0 spiro atoms. The van der Waals surface area contributed by atoms with Gasteiger partial charge in [0.05, 0.1) is 11.4 Å². The molecule has 20 heavy (non-hydrogen) atoms. The Bertz CT molecular complexity index is 754. The first-order valence-corrected chi connectivity index (χ1v) is 7.16. The van der Waals surface area contributed by atoms with Gasteiger partial charge in [0, 0.05) is 16.3 Å². The molecular formula is C14H9ClN4S. The van der Waals surface area contributed by atoms with Crippen LogP contribution in [0.1, 0.15) is 16.3 Å². The van der Waals surface area contributed by atoms with Crippen molar-refractivity contribution in [3.05, 3.63) is 63.1 Å². The van der Waals surface area contributed by atoms with Crippen LogP contribution in [0.2, 0.25) is 5.02 Å². The predicted molar refractivity (Wildman–Crippen MR) is 78.2 cm³/mol. The third-order valence-corrected chi connectivity index (χ3v) is 3.99. The van der Waals surface area contributed by atoms with Gasteiger partial charge in [0.2, 0.25) is 0 Å². The Morgan fingerprint density at radius 1 is 1.25 bits per heavy atom. The lowest BCUT2D eigenvalue weighted by molar-refractivity contribution is 0.774. The molecule has 0 aliphatic rings. The van der Waals surface area contributed by atoms with Gasteiger partial charge in [-0.2, -0.15) is 5.26 Å². The topological polar surface area (TPSA) is 54.5 Å². The first kappa shape index (κ1) is 12.9. The van der Waals surface area contributed by atoms with E-state index in [1.165, 1.54) is 4.88 Å². The summed E-state index contributed by atoms with van der Waals surface area (Å²) in [4.78, 5) is 1.17. The zero-order chi connectivity index (χ0) is 13.9. The lowest BCUT2D eigenvalue weighted by Gasteiger charge is -2.05. The fourth-order valence-electron chi connectivity index (χ4n) is 1.91. The van der Waals surface area contributed by atoms with E-state index in [1.54, 1.807) is 28.2 Å². The Morgan fingerprint density at radius 3 is 2.70 bits per heavy atom. The minimum absolute atomic E-state index is 0.355. The minimum atomic E-state index is 0.355. The second-order valence-electron chi connectivity index (χ2n) is 4.14. The molecule has 0 bridgehead atoms. The molecule has 0 saturated heterocycles. The van der Waals surface area contributed by atoms with Crippen LogP contribution in [0.15, 0.2) is 41.8 Å². The SMILES string of the molecule is N#Cc1nnn(-c2ccc(Cl)cc2)c1Cc1cccs1. The molecule has 0 fully saturated rings. The number of thiophene rings is 1. The largest absolute Gasteiger partial charge is 0.216 e. The number of aromatic nitrogens is 3. The molecule has 0 aliphatic carbocycles. The average Bonchev–Trinajstić information content (AvgIpc) is 3.10. The van der Waals surface area contributed by atoms with Gasteiger partial charge >= 0.3 is 0 Å². The van der Waals surface area contributed by atoms with Crippen molar-refractivity contribution >= 4 is 22.9 Å². The number of hydrogen-bond acceptors (Lipinski definition) is 4. The number of halogens is 1. The molecule has 0 amide bonds. The van der Waals surface area contributed by atoms with E-state index in [0.717, 1.165) is 11.4 Å². The number of hydrogen-bond donors (Lipinski definition) is 0. The van der Waals surface area contributed by atoms with E-state index in [4.69, 9.17) is 16.9 Å². The number of nitrogens with zero attached hydrogens (tertiary/aromatic N) is 4. The van der Waals surface area contributed by atoms with Crippen LogP contribution in [0.5, 0.6) is 0 Å². The standard InChI is InChI=1S/C14H9ClN4S/c15-10-3-5-11(6-4-10)19-14(13(9-16)17-18-19)8-12-2-1-7-20-12/h1-7H,8H2. The zero-order valence-electron chi connectivity index (χ0n) is 10.3. The van der Waals surface area contributed by atoms with Crippen LogP contribution in [-0.2, 0) is 6.42 Å². The molecule has 2 heterocycles. The predicted octanol–water partition coefficient (Wildman–Crippen LogP) is 3.44. The highest BCUT2D eigenvalue weighted by atomic mass is 35.5. The Balaban J connectivity index is 2.05. The molecule has 4 nitrogen and oxygen atoms in total. The van der Waals surface area contributed by atoms with Crippen LogP contribution >= 0.6 is 22.9 Å². The molecule has 3 aromatic rings. The highest BCUT2D eigenvalue weighted by Gasteiger charge is 2.15. The summed E-state index contributed by atoms with van der Waals surface area (Å²) in [6.45, 7) is 0. The van der Waals surface area contributed by atoms with Gasteiger partial charge < -0.3 is 0 Å². The Labute approximate surface area is 124 Å². The fourth-order valence-corrected chi connectivity index (χ4v) is 2.75. The van der Waals surface area contributed by atoms with Gasteiger partial charge in [-0.1, -0.05) is 22.9 Å². The summed E-state index contributed by atoms with van der Waals surface area (Å²) in [7, 11) is 0. The summed E-state index contributed by atoms with van der Waals surface area (Å²) >= 11 is 7.54. The van der Waals surface area contributed by atoms with Crippen LogP contribution in [0.3, 0.4) is 0 Å². The van der Waals surface area contributed by atoms with Gasteiger partial charge in [-0.25, -0.2) is 4.68 Å². The molecular weight excluding hydrogens is 292 g/mol. The van der Waals surface area contributed by atoms with Crippen molar-refractivity contribution in [1.82, 2.24) is 15.0 Å². The highest BCUT2D eigenvalue weighted by Crippen LogP contribution is 2.20. The van der Waals surface area contributed by atoms with E-state index < -0.39 is 0 Å². The van der Waals surface area contributed by atoms with Crippen molar-refractivity contribution in [3.63, 3.8) is 0 Å². The van der Waals surface area contributed by atoms with E-state index in [1.807, 2.05) is 29.6 Å². The van der Waals surface area contributed by atoms with Crippen molar-refractivity contribution in [1.29, 1.82) is 5.26 Å². The van der Waals surface area contributed by atoms with Gasteiger partial charge in [-0.3, -0.25) is 0 Å². The van der Waals surface area contributed by atoms with Crippen molar-refractivity contribution in [2.75, 3.05) is 0 Å². The number of nitriles is 1. The fraction of sp³-hybridized carbons (Fsp3) is 0.0714. The summed E-state index contributed by atoms with van der Waals surface area (Å²) in [6.07, 6.45) is 0.635.